The molecule has 2 unspecified atom stereocenters. The van der Waals surface area contributed by atoms with Gasteiger partial charge in [-0.25, -0.2) is 4.98 Å². The number of hydrogen-bond donors (Lipinski definition) is 2. The Bertz CT molecular complexity index is 497. The van der Waals surface area contributed by atoms with E-state index in [-0.39, 0.29) is 0 Å². The first kappa shape index (κ1) is 8.62. The molecular weight excluding hydrogens is 198 g/mol. The van der Waals surface area contributed by atoms with E-state index in [4.69, 9.17) is 4.98 Å². The van der Waals surface area contributed by atoms with Gasteiger partial charge in [0.05, 0.1) is 11.4 Å². The molecule has 0 aromatic carbocycles. The molecule has 1 aliphatic heterocycles. The highest BCUT2D eigenvalue weighted by Gasteiger charge is 2.32. The lowest BCUT2D eigenvalue weighted by Gasteiger charge is -2.29. The summed E-state index contributed by atoms with van der Waals surface area (Å²) >= 11 is 0. The number of aromatic amines is 1. The third-order valence-corrected chi connectivity index (χ3v) is 4.07. The van der Waals surface area contributed by atoms with Gasteiger partial charge in [0.1, 0.15) is 5.65 Å². The molecule has 2 N–H and O–H groups in total. The Hall–Kier alpha value is -1.51. The fourth-order valence-corrected chi connectivity index (χ4v) is 3.22. The molecular formula is C13H15N3. The van der Waals surface area contributed by atoms with E-state index in [0.717, 1.165) is 18.0 Å². The topological polar surface area (TPSA) is 40.7 Å². The van der Waals surface area contributed by atoms with Gasteiger partial charge in [0, 0.05) is 17.6 Å². The molecule has 0 amide bonds. The molecule has 0 spiro atoms. The van der Waals surface area contributed by atoms with Crippen LogP contribution in [0.15, 0.2) is 18.3 Å². The highest BCUT2D eigenvalue weighted by Crippen LogP contribution is 2.37. The summed E-state index contributed by atoms with van der Waals surface area (Å²) in [6.07, 6.45) is 7.18. The number of anilines is 1. The lowest BCUT2D eigenvalue weighted by Crippen LogP contribution is -2.31. The van der Waals surface area contributed by atoms with E-state index in [1.165, 1.54) is 36.0 Å². The summed E-state index contributed by atoms with van der Waals surface area (Å²) in [6.45, 7) is 0. The van der Waals surface area contributed by atoms with Gasteiger partial charge in [-0.15, -0.1) is 0 Å². The Balaban J connectivity index is 1.85. The van der Waals surface area contributed by atoms with Crippen molar-refractivity contribution in [3.05, 3.63) is 24.0 Å². The molecule has 1 aliphatic carbocycles. The molecule has 2 aliphatic rings. The maximum atomic E-state index is 4.72. The molecule has 0 radical (unpaired) electrons. The van der Waals surface area contributed by atoms with Gasteiger partial charge < -0.3 is 10.3 Å². The molecule has 2 aromatic rings. The summed E-state index contributed by atoms with van der Waals surface area (Å²) in [5.74, 6) is 0.812. The number of fused-ring (bicyclic) bond motifs is 3. The Morgan fingerprint density at radius 3 is 3.31 bits per heavy atom. The second-order valence-corrected chi connectivity index (χ2v) is 5.04. The molecule has 3 nitrogen and oxygen atoms in total. The number of nitrogens with one attached hydrogen (secondary N) is 2. The van der Waals surface area contributed by atoms with Crippen molar-refractivity contribution in [2.45, 2.75) is 31.7 Å². The second kappa shape index (κ2) is 3.00. The first-order chi connectivity index (χ1) is 7.90. The lowest BCUT2D eigenvalue weighted by molar-refractivity contribution is 0.481. The van der Waals surface area contributed by atoms with Crippen LogP contribution in [0, 0.1) is 5.92 Å². The van der Waals surface area contributed by atoms with Crippen LogP contribution < -0.4 is 5.32 Å². The predicted octanol–water partition coefficient (Wildman–Crippen LogP) is 2.70. The summed E-state index contributed by atoms with van der Waals surface area (Å²) in [4.78, 5) is 7.91. The molecule has 82 valence electrons. The number of nitrogens with zero attached hydrogens (tertiary/aromatic N) is 1. The average molecular weight is 213 g/mol. The van der Waals surface area contributed by atoms with E-state index < -0.39 is 0 Å². The molecule has 3 heteroatoms. The van der Waals surface area contributed by atoms with Crippen molar-refractivity contribution in [3.63, 3.8) is 0 Å². The zero-order valence-electron chi connectivity index (χ0n) is 9.16. The fraction of sp³-hybridized carbons (Fsp3) is 0.462. The fourth-order valence-electron chi connectivity index (χ4n) is 3.22. The van der Waals surface area contributed by atoms with E-state index in [9.17, 15) is 0 Å². The molecule has 3 heterocycles. The number of H-pyrrole nitrogens is 1. The average Bonchev–Trinajstić information content (AvgIpc) is 2.89. The van der Waals surface area contributed by atoms with Gasteiger partial charge in [-0.1, -0.05) is 6.42 Å². The Kier molecular flexibility index (Phi) is 1.62. The van der Waals surface area contributed by atoms with E-state index in [0.29, 0.717) is 6.04 Å². The molecule has 16 heavy (non-hydrogen) atoms. The number of aromatic nitrogens is 2. The molecule has 0 saturated heterocycles. The van der Waals surface area contributed by atoms with Gasteiger partial charge in [-0.3, -0.25) is 0 Å². The van der Waals surface area contributed by atoms with E-state index in [1.807, 2.05) is 6.20 Å². The van der Waals surface area contributed by atoms with Crippen LogP contribution in [0.4, 0.5) is 5.69 Å². The summed E-state index contributed by atoms with van der Waals surface area (Å²) in [6, 6.07) is 5.03. The normalized spacial score (nSPS) is 27.5. The highest BCUT2D eigenvalue weighted by molar-refractivity contribution is 5.80. The van der Waals surface area contributed by atoms with Crippen molar-refractivity contribution in [1.29, 1.82) is 0 Å². The highest BCUT2D eigenvalue weighted by atomic mass is 15.0. The molecule has 2 aromatic heterocycles. The first-order valence-corrected chi connectivity index (χ1v) is 6.14. The standard InChI is InChI=1S/C13H15N3/c1-2-8-6-12-11(15-10(8)3-1)7-9-4-5-14-13(9)16-12/h4-5,7-8,10,15H,1-3,6H2,(H,14,16). The molecule has 2 atom stereocenters. The van der Waals surface area contributed by atoms with Crippen LogP contribution in [0.5, 0.6) is 0 Å². The van der Waals surface area contributed by atoms with Crippen LogP contribution in [-0.4, -0.2) is 16.0 Å². The zero-order chi connectivity index (χ0) is 10.5. The largest absolute Gasteiger partial charge is 0.381 e. The lowest BCUT2D eigenvalue weighted by atomic mass is 9.92. The number of rotatable bonds is 0. The van der Waals surface area contributed by atoms with Crippen LogP contribution in [0.25, 0.3) is 11.0 Å². The van der Waals surface area contributed by atoms with Gasteiger partial charge in [0.15, 0.2) is 0 Å². The zero-order valence-corrected chi connectivity index (χ0v) is 9.16. The van der Waals surface area contributed by atoms with Crippen molar-refractivity contribution in [2.24, 2.45) is 5.92 Å². The maximum absolute atomic E-state index is 4.72. The van der Waals surface area contributed by atoms with E-state index in [2.05, 4.69) is 22.4 Å². The van der Waals surface area contributed by atoms with Crippen molar-refractivity contribution in [3.8, 4) is 0 Å². The van der Waals surface area contributed by atoms with Gasteiger partial charge in [-0.2, -0.15) is 0 Å². The van der Waals surface area contributed by atoms with Crippen molar-refractivity contribution < 1.29 is 0 Å². The van der Waals surface area contributed by atoms with E-state index in [1.54, 1.807) is 0 Å². The van der Waals surface area contributed by atoms with Crippen molar-refractivity contribution in [2.75, 3.05) is 5.32 Å². The Labute approximate surface area is 94.3 Å². The minimum absolute atomic E-state index is 0.700. The van der Waals surface area contributed by atoms with E-state index >= 15 is 0 Å². The molecule has 1 saturated carbocycles. The smallest absolute Gasteiger partial charge is 0.137 e. The molecule has 1 fully saturated rings. The maximum Gasteiger partial charge on any atom is 0.137 e. The third-order valence-electron chi connectivity index (χ3n) is 4.07. The minimum Gasteiger partial charge on any atom is -0.381 e. The van der Waals surface area contributed by atoms with Crippen molar-refractivity contribution >= 4 is 16.7 Å². The Morgan fingerprint density at radius 2 is 2.31 bits per heavy atom. The first-order valence-electron chi connectivity index (χ1n) is 6.14. The quantitative estimate of drug-likeness (QED) is 0.706. The van der Waals surface area contributed by atoms with Crippen LogP contribution >= 0.6 is 0 Å². The van der Waals surface area contributed by atoms with Crippen molar-refractivity contribution in [1.82, 2.24) is 9.97 Å². The Morgan fingerprint density at radius 1 is 1.31 bits per heavy atom. The number of pyridine rings is 1. The van der Waals surface area contributed by atoms with Crippen LogP contribution in [0.1, 0.15) is 25.0 Å². The van der Waals surface area contributed by atoms with Crippen LogP contribution in [0.2, 0.25) is 0 Å². The van der Waals surface area contributed by atoms with Gasteiger partial charge in [-0.05, 0) is 37.3 Å². The van der Waals surface area contributed by atoms with Gasteiger partial charge in [0.2, 0.25) is 0 Å². The summed E-state index contributed by atoms with van der Waals surface area (Å²) in [5, 5.41) is 4.88. The van der Waals surface area contributed by atoms with Gasteiger partial charge in [0.25, 0.3) is 0 Å². The predicted molar refractivity (Wildman–Crippen MR) is 64.5 cm³/mol. The summed E-state index contributed by atoms with van der Waals surface area (Å²) < 4.78 is 0. The molecule has 0 bridgehead atoms. The monoisotopic (exact) mass is 213 g/mol. The van der Waals surface area contributed by atoms with Crippen LogP contribution in [-0.2, 0) is 6.42 Å². The summed E-state index contributed by atoms with van der Waals surface area (Å²) in [7, 11) is 0. The molecule has 4 rings (SSSR count). The number of hydrogen-bond acceptors (Lipinski definition) is 2. The third kappa shape index (κ3) is 1.11. The van der Waals surface area contributed by atoms with Crippen LogP contribution in [0.3, 0.4) is 0 Å². The summed E-state index contributed by atoms with van der Waals surface area (Å²) in [5.41, 5.74) is 3.53. The SMILES string of the molecule is c1cc2cc3c(nc2[nH]1)CC1CCCC1N3. The second-order valence-electron chi connectivity index (χ2n) is 5.04. The van der Waals surface area contributed by atoms with Gasteiger partial charge >= 0.3 is 0 Å². The minimum atomic E-state index is 0.700.